The minimum atomic E-state index is -3.42. The summed E-state index contributed by atoms with van der Waals surface area (Å²) in [7, 11) is -3.42. The van der Waals surface area contributed by atoms with Crippen molar-refractivity contribution in [1.82, 2.24) is 4.72 Å². The zero-order chi connectivity index (χ0) is 16.0. The summed E-state index contributed by atoms with van der Waals surface area (Å²) in [6, 6.07) is 3.85. The third-order valence-corrected chi connectivity index (χ3v) is 5.71. The van der Waals surface area contributed by atoms with E-state index in [1.807, 2.05) is 32.9 Å². The standard InChI is InChI=1S/C17H29NO2S/c1-6-8-9-16(7-2)12-18-21(19,20)17-14(4)10-13(3)11-15(17)5/h10-11,16,18H,6-9,12H2,1-5H3/t16-/m1/s1. The second-order valence-electron chi connectivity index (χ2n) is 6.00. The van der Waals surface area contributed by atoms with Crippen LogP contribution >= 0.6 is 0 Å². The Morgan fingerprint density at radius 2 is 1.67 bits per heavy atom. The Bertz CT molecular complexity index is 541. The number of hydrogen-bond acceptors (Lipinski definition) is 2. The van der Waals surface area contributed by atoms with E-state index in [1.54, 1.807) is 0 Å². The van der Waals surface area contributed by atoms with Crippen molar-refractivity contribution in [3.8, 4) is 0 Å². The van der Waals surface area contributed by atoms with Gasteiger partial charge in [-0.3, -0.25) is 0 Å². The summed E-state index contributed by atoms with van der Waals surface area (Å²) >= 11 is 0. The molecule has 1 aromatic carbocycles. The molecule has 1 N–H and O–H groups in total. The Hall–Kier alpha value is -0.870. The first-order valence-electron chi connectivity index (χ1n) is 7.89. The van der Waals surface area contributed by atoms with E-state index in [-0.39, 0.29) is 0 Å². The van der Waals surface area contributed by atoms with Crippen molar-refractivity contribution in [2.45, 2.75) is 65.2 Å². The van der Waals surface area contributed by atoms with E-state index >= 15 is 0 Å². The summed E-state index contributed by atoms with van der Waals surface area (Å²) in [6.45, 7) is 10.5. The first-order valence-corrected chi connectivity index (χ1v) is 9.37. The summed E-state index contributed by atoms with van der Waals surface area (Å²) < 4.78 is 27.9. The van der Waals surface area contributed by atoms with E-state index in [4.69, 9.17) is 0 Å². The lowest BCUT2D eigenvalue weighted by Crippen LogP contribution is -2.30. The number of nitrogens with one attached hydrogen (secondary N) is 1. The van der Waals surface area contributed by atoms with Crippen molar-refractivity contribution in [2.24, 2.45) is 5.92 Å². The molecule has 1 rings (SSSR count). The largest absolute Gasteiger partial charge is 0.241 e. The maximum absolute atomic E-state index is 12.6. The summed E-state index contributed by atoms with van der Waals surface area (Å²) in [5, 5.41) is 0. The number of aryl methyl sites for hydroxylation is 3. The lowest BCUT2D eigenvalue weighted by molar-refractivity contribution is 0.443. The third kappa shape index (κ3) is 5.11. The lowest BCUT2D eigenvalue weighted by Gasteiger charge is -2.17. The van der Waals surface area contributed by atoms with E-state index < -0.39 is 10.0 Å². The van der Waals surface area contributed by atoms with Crippen molar-refractivity contribution in [2.75, 3.05) is 6.54 Å². The van der Waals surface area contributed by atoms with Crippen LogP contribution in [0.2, 0.25) is 0 Å². The molecule has 4 heteroatoms. The Morgan fingerprint density at radius 3 is 2.14 bits per heavy atom. The molecule has 0 fully saturated rings. The van der Waals surface area contributed by atoms with Crippen LogP contribution in [0, 0.1) is 26.7 Å². The van der Waals surface area contributed by atoms with Gasteiger partial charge < -0.3 is 0 Å². The van der Waals surface area contributed by atoms with Crippen molar-refractivity contribution in [1.29, 1.82) is 0 Å². The molecule has 0 unspecified atom stereocenters. The molecular formula is C17H29NO2S. The Balaban J connectivity index is 2.87. The molecule has 0 aromatic heterocycles. The van der Waals surface area contributed by atoms with Crippen LogP contribution < -0.4 is 4.72 Å². The molecule has 0 saturated heterocycles. The molecule has 0 radical (unpaired) electrons. The highest BCUT2D eigenvalue weighted by molar-refractivity contribution is 7.89. The minimum absolute atomic E-state index is 0.422. The van der Waals surface area contributed by atoms with E-state index in [0.29, 0.717) is 17.4 Å². The van der Waals surface area contributed by atoms with Crippen LogP contribution in [0.5, 0.6) is 0 Å². The van der Waals surface area contributed by atoms with E-state index in [9.17, 15) is 8.42 Å². The van der Waals surface area contributed by atoms with Crippen LogP contribution in [0.15, 0.2) is 17.0 Å². The lowest BCUT2D eigenvalue weighted by atomic mass is 10.00. The van der Waals surface area contributed by atoms with Crippen LogP contribution in [-0.4, -0.2) is 15.0 Å². The van der Waals surface area contributed by atoms with Gasteiger partial charge in [0.2, 0.25) is 10.0 Å². The first kappa shape index (κ1) is 18.2. The smallest absolute Gasteiger partial charge is 0.211 e. The minimum Gasteiger partial charge on any atom is -0.211 e. The van der Waals surface area contributed by atoms with Gasteiger partial charge in [0.25, 0.3) is 0 Å². The number of benzene rings is 1. The van der Waals surface area contributed by atoms with Gasteiger partial charge in [0, 0.05) is 6.54 Å². The molecule has 0 heterocycles. The SMILES string of the molecule is CCCC[C@@H](CC)CNS(=O)(=O)c1c(C)cc(C)cc1C. The fourth-order valence-corrected chi connectivity index (χ4v) is 4.40. The van der Waals surface area contributed by atoms with Gasteiger partial charge in [0.05, 0.1) is 4.90 Å². The quantitative estimate of drug-likeness (QED) is 0.785. The van der Waals surface area contributed by atoms with Crippen molar-refractivity contribution in [3.63, 3.8) is 0 Å². The highest BCUT2D eigenvalue weighted by atomic mass is 32.2. The van der Waals surface area contributed by atoms with Gasteiger partial charge >= 0.3 is 0 Å². The molecular weight excluding hydrogens is 282 g/mol. The molecule has 0 aliphatic heterocycles. The second-order valence-corrected chi connectivity index (χ2v) is 7.70. The number of unbranched alkanes of at least 4 members (excludes halogenated alkanes) is 1. The molecule has 0 saturated carbocycles. The molecule has 0 aliphatic rings. The summed E-state index contributed by atoms with van der Waals surface area (Å²) in [5.74, 6) is 0.422. The van der Waals surface area contributed by atoms with Gasteiger partial charge in [-0.2, -0.15) is 0 Å². The zero-order valence-electron chi connectivity index (χ0n) is 14.0. The van der Waals surface area contributed by atoms with E-state index in [0.717, 1.165) is 42.4 Å². The van der Waals surface area contributed by atoms with Crippen molar-refractivity contribution >= 4 is 10.0 Å². The highest BCUT2D eigenvalue weighted by Gasteiger charge is 2.20. The fourth-order valence-electron chi connectivity index (χ4n) is 2.83. The maximum atomic E-state index is 12.6. The molecule has 3 nitrogen and oxygen atoms in total. The fraction of sp³-hybridized carbons (Fsp3) is 0.647. The normalized spacial score (nSPS) is 13.4. The van der Waals surface area contributed by atoms with E-state index in [2.05, 4.69) is 18.6 Å². The molecule has 0 aliphatic carbocycles. The molecule has 1 atom stereocenters. The van der Waals surface area contributed by atoms with Crippen LogP contribution in [0.3, 0.4) is 0 Å². The van der Waals surface area contributed by atoms with Gasteiger partial charge in [-0.1, -0.05) is 50.8 Å². The van der Waals surface area contributed by atoms with Crippen LogP contribution in [-0.2, 0) is 10.0 Å². The molecule has 0 spiro atoms. The van der Waals surface area contributed by atoms with Crippen molar-refractivity contribution in [3.05, 3.63) is 28.8 Å². The molecule has 1 aromatic rings. The van der Waals surface area contributed by atoms with Gasteiger partial charge in [0.15, 0.2) is 0 Å². The molecule has 0 amide bonds. The average Bonchev–Trinajstić information content (AvgIpc) is 2.37. The number of sulfonamides is 1. The van der Waals surface area contributed by atoms with Gasteiger partial charge in [0.1, 0.15) is 0 Å². The highest BCUT2D eigenvalue weighted by Crippen LogP contribution is 2.22. The maximum Gasteiger partial charge on any atom is 0.241 e. The first-order chi connectivity index (χ1) is 9.81. The van der Waals surface area contributed by atoms with Crippen molar-refractivity contribution < 1.29 is 8.42 Å². The Labute approximate surface area is 130 Å². The zero-order valence-corrected chi connectivity index (χ0v) is 14.8. The Kier molecular flexibility index (Phi) is 6.88. The molecule has 120 valence electrons. The molecule has 21 heavy (non-hydrogen) atoms. The number of rotatable bonds is 8. The van der Waals surface area contributed by atoms with Gasteiger partial charge in [-0.25, -0.2) is 13.1 Å². The average molecular weight is 311 g/mol. The predicted octanol–water partition coefficient (Wildman–Crippen LogP) is 4.11. The van der Waals surface area contributed by atoms with Gasteiger partial charge in [-0.05, 0) is 44.2 Å². The summed E-state index contributed by atoms with van der Waals surface area (Å²) in [4.78, 5) is 0.443. The monoisotopic (exact) mass is 311 g/mol. The third-order valence-electron chi connectivity index (χ3n) is 3.98. The summed E-state index contributed by atoms with van der Waals surface area (Å²) in [6.07, 6.45) is 4.40. The van der Waals surface area contributed by atoms with Crippen LogP contribution in [0.4, 0.5) is 0 Å². The predicted molar refractivity (Wildman–Crippen MR) is 89.1 cm³/mol. The summed E-state index contributed by atoms with van der Waals surface area (Å²) in [5.41, 5.74) is 2.74. The van der Waals surface area contributed by atoms with Gasteiger partial charge in [-0.15, -0.1) is 0 Å². The Morgan fingerprint density at radius 1 is 1.10 bits per heavy atom. The molecule has 0 bridgehead atoms. The second kappa shape index (κ2) is 7.95. The van der Waals surface area contributed by atoms with E-state index in [1.165, 1.54) is 0 Å². The number of hydrogen-bond donors (Lipinski definition) is 1. The van der Waals surface area contributed by atoms with Crippen LogP contribution in [0.25, 0.3) is 0 Å². The van der Waals surface area contributed by atoms with Crippen LogP contribution in [0.1, 0.15) is 56.2 Å². The topological polar surface area (TPSA) is 46.2 Å².